The zero-order valence-corrected chi connectivity index (χ0v) is 13.2. The van der Waals surface area contributed by atoms with E-state index >= 15 is 0 Å². The molecule has 2 N–H and O–H groups in total. The maximum atomic E-state index is 12.5. The fraction of sp³-hybridized carbons (Fsp3) is 0.235. The van der Waals surface area contributed by atoms with Gasteiger partial charge in [0, 0.05) is 16.5 Å². The Kier molecular flexibility index (Phi) is 3.83. The Morgan fingerprint density at radius 1 is 1.29 bits per heavy atom. The smallest absolute Gasteiger partial charge is 0.252 e. The van der Waals surface area contributed by atoms with Crippen molar-refractivity contribution in [3.05, 3.63) is 69.2 Å². The number of amides is 1. The second kappa shape index (κ2) is 5.62. The van der Waals surface area contributed by atoms with Crippen LogP contribution in [0.15, 0.2) is 46.9 Å². The van der Waals surface area contributed by atoms with Gasteiger partial charge in [0.2, 0.25) is 0 Å². The van der Waals surface area contributed by atoms with Gasteiger partial charge in [-0.2, -0.15) is 0 Å². The van der Waals surface area contributed by atoms with Crippen molar-refractivity contribution in [3.63, 3.8) is 0 Å². The lowest BCUT2D eigenvalue weighted by Gasteiger charge is -2.18. The van der Waals surface area contributed by atoms with E-state index in [0.29, 0.717) is 12.0 Å². The molecule has 0 unspecified atom stereocenters. The molecule has 108 valence electrons. The van der Waals surface area contributed by atoms with Crippen molar-refractivity contribution >= 4 is 21.8 Å². The maximum Gasteiger partial charge on any atom is 0.252 e. The molecule has 2 aromatic rings. The largest absolute Gasteiger partial charge is 0.390 e. The molecule has 0 fully saturated rings. The Morgan fingerprint density at radius 3 is 2.86 bits per heavy atom. The van der Waals surface area contributed by atoms with E-state index in [1.807, 2.05) is 43.3 Å². The van der Waals surface area contributed by atoms with Crippen LogP contribution in [0.5, 0.6) is 0 Å². The average Bonchev–Trinajstić information content (AvgIpc) is 2.78. The number of fused-ring (bicyclic) bond motifs is 1. The summed E-state index contributed by atoms with van der Waals surface area (Å²) < 4.78 is 0.866. The quantitative estimate of drug-likeness (QED) is 0.878. The number of benzene rings is 2. The van der Waals surface area contributed by atoms with Crippen LogP contribution in [-0.4, -0.2) is 17.1 Å². The summed E-state index contributed by atoms with van der Waals surface area (Å²) in [5.41, 5.74) is 3.64. The van der Waals surface area contributed by atoms with Crippen LogP contribution in [0.25, 0.3) is 0 Å². The van der Waals surface area contributed by atoms with Crippen molar-refractivity contribution in [1.82, 2.24) is 5.32 Å². The molecule has 0 aliphatic heterocycles. The third kappa shape index (κ3) is 2.74. The van der Waals surface area contributed by atoms with E-state index in [0.717, 1.165) is 21.2 Å². The first-order chi connectivity index (χ1) is 10.1. The number of aliphatic hydroxyl groups is 1. The van der Waals surface area contributed by atoms with Gasteiger partial charge >= 0.3 is 0 Å². The molecule has 0 radical (unpaired) electrons. The highest BCUT2D eigenvalue weighted by atomic mass is 79.9. The SMILES string of the molecule is Cc1ccc(Br)cc1C(=O)N[C@H]1c2ccccc2C[C@H]1O. The molecular formula is C17H16BrNO2. The molecule has 0 saturated heterocycles. The molecule has 4 heteroatoms. The van der Waals surface area contributed by atoms with Gasteiger partial charge in [0.15, 0.2) is 0 Å². The number of hydrogen-bond acceptors (Lipinski definition) is 2. The summed E-state index contributed by atoms with van der Waals surface area (Å²) in [5, 5.41) is 13.2. The summed E-state index contributed by atoms with van der Waals surface area (Å²) in [6.45, 7) is 1.90. The van der Waals surface area contributed by atoms with E-state index in [4.69, 9.17) is 0 Å². The van der Waals surface area contributed by atoms with Crippen LogP contribution in [0.3, 0.4) is 0 Å². The highest BCUT2D eigenvalue weighted by Crippen LogP contribution is 2.31. The van der Waals surface area contributed by atoms with Gasteiger partial charge in [-0.3, -0.25) is 4.79 Å². The van der Waals surface area contributed by atoms with E-state index in [-0.39, 0.29) is 11.9 Å². The molecule has 3 nitrogen and oxygen atoms in total. The molecule has 0 spiro atoms. The van der Waals surface area contributed by atoms with Gasteiger partial charge in [-0.05, 0) is 35.7 Å². The second-order valence-corrected chi connectivity index (χ2v) is 6.30. The topological polar surface area (TPSA) is 49.3 Å². The molecule has 0 bridgehead atoms. The van der Waals surface area contributed by atoms with Gasteiger partial charge in [-0.15, -0.1) is 0 Å². The molecule has 0 aromatic heterocycles. The minimum absolute atomic E-state index is 0.158. The fourth-order valence-electron chi connectivity index (χ4n) is 2.81. The predicted molar refractivity (Wildman–Crippen MR) is 85.2 cm³/mol. The molecule has 0 heterocycles. The van der Waals surface area contributed by atoms with Gasteiger partial charge in [-0.1, -0.05) is 46.3 Å². The number of carbonyl (C=O) groups is 1. The standard InChI is InChI=1S/C17H16BrNO2/c1-10-6-7-12(18)9-14(10)17(21)19-16-13-5-3-2-4-11(13)8-15(16)20/h2-7,9,15-16,20H,8H2,1H3,(H,19,21)/t15-,16+/m1/s1. The third-order valence-electron chi connectivity index (χ3n) is 3.93. The van der Waals surface area contributed by atoms with Crippen LogP contribution in [0.4, 0.5) is 0 Å². The Bertz CT molecular complexity index is 699. The summed E-state index contributed by atoms with van der Waals surface area (Å²) in [7, 11) is 0. The summed E-state index contributed by atoms with van der Waals surface area (Å²) in [6, 6.07) is 13.1. The first-order valence-electron chi connectivity index (χ1n) is 6.89. The Labute approximate surface area is 132 Å². The van der Waals surface area contributed by atoms with Crippen LogP contribution in [0.1, 0.15) is 33.1 Å². The summed E-state index contributed by atoms with van der Waals surface area (Å²) in [4.78, 5) is 12.5. The molecule has 1 aliphatic rings. The Morgan fingerprint density at radius 2 is 2.05 bits per heavy atom. The first kappa shape index (κ1) is 14.3. The Hall–Kier alpha value is -1.65. The first-order valence-corrected chi connectivity index (χ1v) is 7.68. The lowest BCUT2D eigenvalue weighted by Crippen LogP contribution is -2.34. The van der Waals surface area contributed by atoms with E-state index in [2.05, 4.69) is 21.2 Å². The van der Waals surface area contributed by atoms with Gasteiger partial charge in [0.25, 0.3) is 5.91 Å². The number of rotatable bonds is 2. The number of aryl methyl sites for hydroxylation is 1. The van der Waals surface area contributed by atoms with Crippen LogP contribution in [0.2, 0.25) is 0 Å². The van der Waals surface area contributed by atoms with Crippen LogP contribution in [0, 0.1) is 6.92 Å². The highest BCUT2D eigenvalue weighted by Gasteiger charge is 2.32. The monoisotopic (exact) mass is 345 g/mol. The summed E-state index contributed by atoms with van der Waals surface area (Å²) in [6.07, 6.45) is 0.0114. The molecule has 3 rings (SSSR count). The molecule has 2 atom stereocenters. The van der Waals surface area contributed by atoms with Crippen LogP contribution < -0.4 is 5.32 Å². The minimum atomic E-state index is -0.571. The lowest BCUT2D eigenvalue weighted by molar-refractivity contribution is 0.0857. The normalized spacial score (nSPS) is 20.1. The fourth-order valence-corrected chi connectivity index (χ4v) is 3.17. The maximum absolute atomic E-state index is 12.5. The number of aliphatic hydroxyl groups excluding tert-OH is 1. The molecule has 2 aromatic carbocycles. The van der Waals surface area contributed by atoms with Crippen molar-refractivity contribution < 1.29 is 9.90 Å². The van der Waals surface area contributed by atoms with Gasteiger partial charge in [0.1, 0.15) is 0 Å². The summed E-state index contributed by atoms with van der Waals surface area (Å²) >= 11 is 3.39. The number of hydrogen-bond donors (Lipinski definition) is 2. The predicted octanol–water partition coefficient (Wildman–Crippen LogP) is 3.15. The number of nitrogens with one attached hydrogen (secondary N) is 1. The van der Waals surface area contributed by atoms with E-state index in [1.165, 1.54) is 0 Å². The molecule has 0 saturated carbocycles. The average molecular weight is 346 g/mol. The zero-order valence-electron chi connectivity index (χ0n) is 11.6. The molecule has 1 amide bonds. The van der Waals surface area contributed by atoms with Crippen molar-refractivity contribution in [2.24, 2.45) is 0 Å². The van der Waals surface area contributed by atoms with Crippen molar-refractivity contribution in [2.75, 3.05) is 0 Å². The molecule has 21 heavy (non-hydrogen) atoms. The number of halogens is 1. The highest BCUT2D eigenvalue weighted by molar-refractivity contribution is 9.10. The molecular weight excluding hydrogens is 330 g/mol. The van der Waals surface area contributed by atoms with Crippen LogP contribution >= 0.6 is 15.9 Å². The van der Waals surface area contributed by atoms with Crippen molar-refractivity contribution in [1.29, 1.82) is 0 Å². The van der Waals surface area contributed by atoms with Gasteiger partial charge in [-0.25, -0.2) is 0 Å². The minimum Gasteiger partial charge on any atom is -0.390 e. The molecule has 1 aliphatic carbocycles. The summed E-state index contributed by atoms with van der Waals surface area (Å²) in [5.74, 6) is -0.158. The van der Waals surface area contributed by atoms with Crippen LogP contribution in [-0.2, 0) is 6.42 Å². The van der Waals surface area contributed by atoms with Crippen molar-refractivity contribution in [2.45, 2.75) is 25.5 Å². The van der Waals surface area contributed by atoms with E-state index in [1.54, 1.807) is 6.07 Å². The van der Waals surface area contributed by atoms with Crippen molar-refractivity contribution in [3.8, 4) is 0 Å². The second-order valence-electron chi connectivity index (χ2n) is 5.38. The van der Waals surface area contributed by atoms with Gasteiger partial charge in [0.05, 0.1) is 12.1 Å². The zero-order chi connectivity index (χ0) is 15.0. The van der Waals surface area contributed by atoms with E-state index in [9.17, 15) is 9.90 Å². The Balaban J connectivity index is 1.87. The number of carbonyl (C=O) groups excluding carboxylic acids is 1. The van der Waals surface area contributed by atoms with E-state index < -0.39 is 6.10 Å². The van der Waals surface area contributed by atoms with Gasteiger partial charge < -0.3 is 10.4 Å². The lowest BCUT2D eigenvalue weighted by atomic mass is 10.1. The third-order valence-corrected chi connectivity index (χ3v) is 4.43.